The summed E-state index contributed by atoms with van der Waals surface area (Å²) < 4.78 is 0. The lowest BCUT2D eigenvalue weighted by Crippen LogP contribution is -2.43. The summed E-state index contributed by atoms with van der Waals surface area (Å²) in [4.78, 5) is 2.46. The van der Waals surface area contributed by atoms with Crippen LogP contribution in [0, 0.1) is 5.41 Å². The van der Waals surface area contributed by atoms with E-state index in [1.807, 2.05) is 0 Å². The monoisotopic (exact) mass is 183 g/mol. The topological polar surface area (TPSA) is 23.5 Å². The number of aliphatic hydroxyl groups is 1. The van der Waals surface area contributed by atoms with E-state index in [1.165, 1.54) is 38.8 Å². The van der Waals surface area contributed by atoms with Gasteiger partial charge in [0, 0.05) is 6.54 Å². The number of likely N-dealkylation sites (tertiary alicyclic amines) is 1. The van der Waals surface area contributed by atoms with Crippen molar-refractivity contribution in [3.63, 3.8) is 0 Å². The maximum absolute atomic E-state index is 9.48. The molecule has 2 fully saturated rings. The van der Waals surface area contributed by atoms with Crippen molar-refractivity contribution in [2.75, 3.05) is 20.1 Å². The van der Waals surface area contributed by atoms with Crippen LogP contribution in [0.15, 0.2) is 0 Å². The number of hydrogen-bond donors (Lipinski definition) is 1. The average molecular weight is 183 g/mol. The summed E-state index contributed by atoms with van der Waals surface area (Å²) in [6.07, 6.45) is 7.31. The maximum Gasteiger partial charge on any atom is 0.0540 e. The lowest BCUT2D eigenvalue weighted by molar-refractivity contribution is 0.0164. The highest BCUT2D eigenvalue weighted by molar-refractivity contribution is 4.90. The van der Waals surface area contributed by atoms with E-state index in [1.54, 1.807) is 0 Å². The minimum Gasteiger partial charge on any atom is -0.393 e. The molecule has 2 rings (SSSR count). The summed E-state index contributed by atoms with van der Waals surface area (Å²) in [5.41, 5.74) is 0.576. The van der Waals surface area contributed by atoms with Gasteiger partial charge in [0.2, 0.25) is 0 Å². The van der Waals surface area contributed by atoms with E-state index in [4.69, 9.17) is 0 Å². The molecule has 1 saturated carbocycles. The van der Waals surface area contributed by atoms with Crippen LogP contribution in [0.3, 0.4) is 0 Å². The molecule has 1 saturated heterocycles. The third kappa shape index (κ3) is 2.05. The van der Waals surface area contributed by atoms with Crippen molar-refractivity contribution in [1.82, 2.24) is 4.90 Å². The van der Waals surface area contributed by atoms with Crippen molar-refractivity contribution in [3.05, 3.63) is 0 Å². The second-order valence-corrected chi connectivity index (χ2v) is 5.07. The fourth-order valence-corrected chi connectivity index (χ4v) is 3.08. The molecule has 1 aliphatic carbocycles. The Morgan fingerprint density at radius 1 is 1.23 bits per heavy atom. The van der Waals surface area contributed by atoms with Crippen LogP contribution in [0.1, 0.15) is 38.5 Å². The molecule has 0 aromatic carbocycles. The molecular weight excluding hydrogens is 162 g/mol. The van der Waals surface area contributed by atoms with Gasteiger partial charge in [0.1, 0.15) is 0 Å². The molecule has 0 aromatic heterocycles. The summed E-state index contributed by atoms with van der Waals surface area (Å²) in [5.74, 6) is 0. The SMILES string of the molecule is CN1CCCC2(CCC(O)CC2)C1. The van der Waals surface area contributed by atoms with Crippen LogP contribution in [0.4, 0.5) is 0 Å². The second-order valence-electron chi connectivity index (χ2n) is 5.07. The molecular formula is C11H21NO. The highest BCUT2D eigenvalue weighted by atomic mass is 16.3. The summed E-state index contributed by atoms with van der Waals surface area (Å²) in [6.45, 7) is 2.53. The van der Waals surface area contributed by atoms with E-state index in [2.05, 4.69) is 11.9 Å². The molecule has 0 atom stereocenters. The van der Waals surface area contributed by atoms with Gasteiger partial charge in [0.05, 0.1) is 6.10 Å². The lowest BCUT2D eigenvalue weighted by Gasteiger charge is -2.45. The molecule has 0 amide bonds. The van der Waals surface area contributed by atoms with E-state index in [-0.39, 0.29) is 6.10 Å². The minimum atomic E-state index is -0.00198. The fourth-order valence-electron chi connectivity index (χ4n) is 3.08. The first-order valence-electron chi connectivity index (χ1n) is 5.57. The summed E-state index contributed by atoms with van der Waals surface area (Å²) in [6, 6.07) is 0. The van der Waals surface area contributed by atoms with Crippen molar-refractivity contribution >= 4 is 0 Å². The molecule has 1 aliphatic heterocycles. The Morgan fingerprint density at radius 3 is 2.54 bits per heavy atom. The number of nitrogens with zero attached hydrogens (tertiary/aromatic N) is 1. The highest BCUT2D eigenvalue weighted by Gasteiger charge is 2.37. The lowest BCUT2D eigenvalue weighted by atomic mass is 9.68. The van der Waals surface area contributed by atoms with Crippen LogP contribution in [0.5, 0.6) is 0 Å². The van der Waals surface area contributed by atoms with Gasteiger partial charge < -0.3 is 10.0 Å². The third-order valence-corrected chi connectivity index (χ3v) is 3.87. The molecule has 2 heteroatoms. The van der Waals surface area contributed by atoms with Crippen LogP contribution >= 0.6 is 0 Å². The van der Waals surface area contributed by atoms with Crippen molar-refractivity contribution in [3.8, 4) is 0 Å². The molecule has 2 nitrogen and oxygen atoms in total. The molecule has 0 aromatic rings. The first-order valence-corrected chi connectivity index (χ1v) is 5.57. The Labute approximate surface area is 80.9 Å². The zero-order chi connectivity index (χ0) is 9.31. The second kappa shape index (κ2) is 3.58. The molecule has 0 unspecified atom stereocenters. The van der Waals surface area contributed by atoms with Crippen molar-refractivity contribution in [2.45, 2.75) is 44.6 Å². The molecule has 1 heterocycles. The smallest absolute Gasteiger partial charge is 0.0540 e. The normalized spacial score (nSPS) is 42.5. The quantitative estimate of drug-likeness (QED) is 0.617. The first-order chi connectivity index (χ1) is 6.20. The van der Waals surface area contributed by atoms with E-state index in [0.717, 1.165) is 12.8 Å². The van der Waals surface area contributed by atoms with Crippen LogP contribution in [-0.2, 0) is 0 Å². The molecule has 2 aliphatic rings. The van der Waals surface area contributed by atoms with Crippen LogP contribution in [-0.4, -0.2) is 36.2 Å². The van der Waals surface area contributed by atoms with Crippen LogP contribution < -0.4 is 0 Å². The van der Waals surface area contributed by atoms with Gasteiger partial charge in [-0.05, 0) is 57.5 Å². The predicted molar refractivity (Wildman–Crippen MR) is 53.6 cm³/mol. The molecule has 13 heavy (non-hydrogen) atoms. The molecule has 0 bridgehead atoms. The fraction of sp³-hybridized carbons (Fsp3) is 1.00. The maximum atomic E-state index is 9.48. The minimum absolute atomic E-state index is 0.00198. The van der Waals surface area contributed by atoms with Gasteiger partial charge in [-0.15, -0.1) is 0 Å². The summed E-state index contributed by atoms with van der Waals surface area (Å²) >= 11 is 0. The van der Waals surface area contributed by atoms with Gasteiger partial charge in [-0.3, -0.25) is 0 Å². The molecule has 1 N–H and O–H groups in total. The van der Waals surface area contributed by atoms with Crippen LogP contribution in [0.2, 0.25) is 0 Å². The number of piperidine rings is 1. The van der Waals surface area contributed by atoms with Crippen molar-refractivity contribution in [2.24, 2.45) is 5.41 Å². The zero-order valence-corrected chi connectivity index (χ0v) is 8.63. The van der Waals surface area contributed by atoms with E-state index in [0.29, 0.717) is 5.41 Å². The van der Waals surface area contributed by atoms with E-state index >= 15 is 0 Å². The van der Waals surface area contributed by atoms with E-state index in [9.17, 15) is 5.11 Å². The molecule has 76 valence electrons. The number of aliphatic hydroxyl groups excluding tert-OH is 1. The van der Waals surface area contributed by atoms with Gasteiger partial charge in [-0.25, -0.2) is 0 Å². The number of hydrogen-bond acceptors (Lipinski definition) is 2. The largest absolute Gasteiger partial charge is 0.393 e. The standard InChI is InChI=1S/C11H21NO/c1-12-8-2-5-11(9-12)6-3-10(13)4-7-11/h10,13H,2-9H2,1H3. The number of rotatable bonds is 0. The summed E-state index contributed by atoms with van der Waals surface area (Å²) in [5, 5.41) is 9.48. The van der Waals surface area contributed by atoms with Crippen LogP contribution in [0.25, 0.3) is 0 Å². The van der Waals surface area contributed by atoms with Gasteiger partial charge >= 0.3 is 0 Å². The van der Waals surface area contributed by atoms with Crippen molar-refractivity contribution in [1.29, 1.82) is 0 Å². The highest BCUT2D eigenvalue weighted by Crippen LogP contribution is 2.42. The Kier molecular flexibility index (Phi) is 2.61. The van der Waals surface area contributed by atoms with Crippen molar-refractivity contribution < 1.29 is 5.11 Å². The Balaban J connectivity index is 1.95. The summed E-state index contributed by atoms with van der Waals surface area (Å²) in [7, 11) is 2.23. The molecule has 1 spiro atoms. The van der Waals surface area contributed by atoms with E-state index < -0.39 is 0 Å². The third-order valence-electron chi connectivity index (χ3n) is 3.87. The Hall–Kier alpha value is -0.0800. The average Bonchev–Trinajstić information content (AvgIpc) is 2.11. The molecule has 0 radical (unpaired) electrons. The van der Waals surface area contributed by atoms with Gasteiger partial charge in [0.25, 0.3) is 0 Å². The first kappa shape index (κ1) is 9.47. The predicted octanol–water partition coefficient (Wildman–Crippen LogP) is 1.63. The Bertz CT molecular complexity index is 173. The van der Waals surface area contributed by atoms with Gasteiger partial charge in [0.15, 0.2) is 0 Å². The van der Waals surface area contributed by atoms with Gasteiger partial charge in [-0.1, -0.05) is 0 Å². The Morgan fingerprint density at radius 2 is 1.92 bits per heavy atom. The van der Waals surface area contributed by atoms with Gasteiger partial charge in [-0.2, -0.15) is 0 Å². The zero-order valence-electron chi connectivity index (χ0n) is 8.63.